The van der Waals surface area contributed by atoms with Crippen molar-refractivity contribution in [1.82, 2.24) is 9.97 Å². The lowest BCUT2D eigenvalue weighted by Gasteiger charge is -2.24. The van der Waals surface area contributed by atoms with Crippen molar-refractivity contribution in [2.24, 2.45) is 0 Å². The van der Waals surface area contributed by atoms with Crippen LogP contribution in [-0.4, -0.2) is 15.9 Å². The van der Waals surface area contributed by atoms with Crippen LogP contribution in [0.15, 0.2) is 67.0 Å². The monoisotopic (exact) mass is 347 g/mol. The molecule has 26 heavy (non-hydrogen) atoms. The highest BCUT2D eigenvalue weighted by Gasteiger charge is 2.29. The zero-order valence-corrected chi connectivity index (χ0v) is 15.1. The molecule has 3 rings (SSSR count). The largest absolute Gasteiger partial charge is 0.424 e. The van der Waals surface area contributed by atoms with Crippen LogP contribution in [0.4, 0.5) is 5.69 Å². The highest BCUT2D eigenvalue weighted by Crippen LogP contribution is 2.28. The first-order valence-electron chi connectivity index (χ1n) is 8.39. The number of aromatic nitrogens is 2. The molecule has 132 valence electrons. The number of benzene rings is 2. The second kappa shape index (κ2) is 7.35. The van der Waals surface area contributed by atoms with E-state index >= 15 is 0 Å². The Morgan fingerprint density at radius 3 is 2.35 bits per heavy atom. The van der Waals surface area contributed by atoms with Gasteiger partial charge in [0.1, 0.15) is 5.75 Å². The van der Waals surface area contributed by atoms with E-state index in [1.165, 1.54) is 0 Å². The first kappa shape index (κ1) is 17.6. The Morgan fingerprint density at radius 2 is 1.69 bits per heavy atom. The van der Waals surface area contributed by atoms with Crippen LogP contribution in [0.2, 0.25) is 0 Å². The van der Waals surface area contributed by atoms with Crippen molar-refractivity contribution < 1.29 is 9.53 Å². The molecule has 2 aromatic carbocycles. The number of ether oxygens (including phenoxy) is 1. The summed E-state index contributed by atoms with van der Waals surface area (Å²) in [7, 11) is 0. The highest BCUT2D eigenvalue weighted by molar-refractivity contribution is 5.99. The van der Waals surface area contributed by atoms with Crippen molar-refractivity contribution in [3.63, 3.8) is 0 Å². The van der Waals surface area contributed by atoms with Gasteiger partial charge in [-0.3, -0.25) is 4.79 Å². The number of hydrogen-bond donors (Lipinski definition) is 1. The molecule has 5 heteroatoms. The molecule has 3 aromatic rings. The van der Waals surface area contributed by atoms with Gasteiger partial charge >= 0.3 is 6.01 Å². The second-order valence-electron chi connectivity index (χ2n) is 6.56. The van der Waals surface area contributed by atoms with Gasteiger partial charge in [0.2, 0.25) is 5.91 Å². The second-order valence-corrected chi connectivity index (χ2v) is 6.56. The third-order valence-corrected chi connectivity index (χ3v) is 4.26. The molecule has 0 bridgehead atoms. The maximum absolute atomic E-state index is 12.8. The van der Waals surface area contributed by atoms with E-state index in [9.17, 15) is 4.79 Å². The number of nitrogens with one attached hydrogen (secondary N) is 1. The maximum Gasteiger partial charge on any atom is 0.321 e. The van der Waals surface area contributed by atoms with E-state index in [2.05, 4.69) is 15.3 Å². The number of hydrogen-bond acceptors (Lipinski definition) is 4. The van der Waals surface area contributed by atoms with Gasteiger partial charge in [0.15, 0.2) is 0 Å². The summed E-state index contributed by atoms with van der Waals surface area (Å²) in [6, 6.07) is 17.2. The summed E-state index contributed by atoms with van der Waals surface area (Å²) in [5.74, 6) is 0.556. The van der Waals surface area contributed by atoms with E-state index < -0.39 is 5.41 Å². The Kier molecular flexibility index (Phi) is 4.98. The minimum Gasteiger partial charge on any atom is -0.424 e. The summed E-state index contributed by atoms with van der Waals surface area (Å²) in [6.45, 7) is 5.75. The molecule has 0 saturated heterocycles. The van der Waals surface area contributed by atoms with E-state index in [1.807, 2.05) is 63.2 Å². The lowest BCUT2D eigenvalue weighted by molar-refractivity contribution is -0.120. The molecule has 0 aliphatic heterocycles. The molecule has 0 fully saturated rings. The molecule has 1 aromatic heterocycles. The minimum atomic E-state index is -0.638. The van der Waals surface area contributed by atoms with Crippen LogP contribution in [0.3, 0.4) is 0 Å². The molecular weight excluding hydrogens is 326 g/mol. The van der Waals surface area contributed by atoms with Crippen LogP contribution < -0.4 is 10.1 Å². The lowest BCUT2D eigenvalue weighted by atomic mass is 9.83. The van der Waals surface area contributed by atoms with Gasteiger partial charge in [-0.15, -0.1) is 0 Å². The molecule has 0 saturated carbocycles. The average Bonchev–Trinajstić information content (AvgIpc) is 2.65. The van der Waals surface area contributed by atoms with Crippen LogP contribution in [0.5, 0.6) is 11.8 Å². The summed E-state index contributed by atoms with van der Waals surface area (Å²) in [5.41, 5.74) is 1.98. The molecule has 1 heterocycles. The summed E-state index contributed by atoms with van der Waals surface area (Å²) < 4.78 is 5.62. The Labute approximate surface area is 153 Å². The molecule has 1 N–H and O–H groups in total. The van der Waals surface area contributed by atoms with Crippen molar-refractivity contribution in [3.05, 3.63) is 78.1 Å². The molecule has 1 amide bonds. The van der Waals surface area contributed by atoms with Crippen LogP contribution in [-0.2, 0) is 10.2 Å². The van der Waals surface area contributed by atoms with Crippen LogP contribution >= 0.6 is 0 Å². The third-order valence-electron chi connectivity index (χ3n) is 4.26. The number of carbonyl (C=O) groups is 1. The molecule has 0 spiro atoms. The fourth-order valence-electron chi connectivity index (χ4n) is 2.55. The van der Waals surface area contributed by atoms with Gasteiger partial charge in [-0.05, 0) is 56.2 Å². The smallest absolute Gasteiger partial charge is 0.321 e. The number of anilines is 1. The van der Waals surface area contributed by atoms with Crippen molar-refractivity contribution in [2.75, 3.05) is 5.32 Å². The Hall–Kier alpha value is -3.21. The van der Waals surface area contributed by atoms with Crippen molar-refractivity contribution >= 4 is 11.6 Å². The zero-order chi connectivity index (χ0) is 18.6. The minimum absolute atomic E-state index is 0.0631. The third kappa shape index (κ3) is 3.88. The fourth-order valence-corrected chi connectivity index (χ4v) is 2.55. The lowest BCUT2D eigenvalue weighted by Crippen LogP contribution is -2.34. The number of amides is 1. The normalized spacial score (nSPS) is 11.0. The highest BCUT2D eigenvalue weighted by atomic mass is 16.5. The standard InChI is InChI=1S/C21H21N3O2/c1-15-14-17(26-20-22-12-7-13-23-20)10-11-18(15)24-19(25)21(2,3)16-8-5-4-6-9-16/h4-14H,1-3H3,(H,24,25). The first-order valence-corrected chi connectivity index (χ1v) is 8.39. The molecule has 0 atom stereocenters. The fraction of sp³-hybridized carbons (Fsp3) is 0.190. The van der Waals surface area contributed by atoms with E-state index in [4.69, 9.17) is 4.74 Å². The topological polar surface area (TPSA) is 64.1 Å². The maximum atomic E-state index is 12.8. The zero-order valence-electron chi connectivity index (χ0n) is 15.1. The SMILES string of the molecule is Cc1cc(Oc2ncccn2)ccc1NC(=O)C(C)(C)c1ccccc1. The molecular formula is C21H21N3O2. The average molecular weight is 347 g/mol. The first-order chi connectivity index (χ1) is 12.5. The van der Waals surface area contributed by atoms with E-state index in [1.54, 1.807) is 24.5 Å². The number of rotatable bonds is 5. The molecule has 0 unspecified atom stereocenters. The van der Waals surface area contributed by atoms with Gasteiger partial charge < -0.3 is 10.1 Å². The predicted molar refractivity (Wildman–Crippen MR) is 101 cm³/mol. The van der Waals surface area contributed by atoms with Crippen LogP contribution in [0.1, 0.15) is 25.0 Å². The Balaban J connectivity index is 1.75. The van der Waals surface area contributed by atoms with E-state index in [-0.39, 0.29) is 11.9 Å². The van der Waals surface area contributed by atoms with Crippen LogP contribution in [0.25, 0.3) is 0 Å². The van der Waals surface area contributed by atoms with Crippen molar-refractivity contribution in [3.8, 4) is 11.8 Å². The summed E-state index contributed by atoms with van der Waals surface area (Å²) in [4.78, 5) is 20.9. The molecule has 0 aliphatic carbocycles. The summed E-state index contributed by atoms with van der Waals surface area (Å²) in [5, 5.41) is 3.01. The summed E-state index contributed by atoms with van der Waals surface area (Å²) >= 11 is 0. The van der Waals surface area contributed by atoms with Gasteiger partial charge in [0, 0.05) is 18.1 Å². The van der Waals surface area contributed by atoms with Gasteiger partial charge in [-0.2, -0.15) is 0 Å². The van der Waals surface area contributed by atoms with Crippen LogP contribution in [0, 0.1) is 6.92 Å². The van der Waals surface area contributed by atoms with E-state index in [0.29, 0.717) is 5.75 Å². The number of nitrogens with zero attached hydrogens (tertiary/aromatic N) is 2. The van der Waals surface area contributed by atoms with E-state index in [0.717, 1.165) is 16.8 Å². The molecule has 0 radical (unpaired) electrons. The Morgan fingerprint density at radius 1 is 1.00 bits per heavy atom. The Bertz CT molecular complexity index is 894. The van der Waals surface area contributed by atoms with Crippen molar-refractivity contribution in [1.29, 1.82) is 0 Å². The van der Waals surface area contributed by atoms with Gasteiger partial charge in [-0.1, -0.05) is 30.3 Å². The van der Waals surface area contributed by atoms with Gasteiger partial charge in [0.05, 0.1) is 5.41 Å². The number of carbonyl (C=O) groups excluding carboxylic acids is 1. The molecule has 5 nitrogen and oxygen atoms in total. The van der Waals surface area contributed by atoms with Gasteiger partial charge in [-0.25, -0.2) is 9.97 Å². The number of aryl methyl sites for hydroxylation is 1. The summed E-state index contributed by atoms with van der Waals surface area (Å²) in [6.07, 6.45) is 3.24. The quantitative estimate of drug-likeness (QED) is 0.738. The predicted octanol–water partition coefficient (Wildman–Crippen LogP) is 4.49. The van der Waals surface area contributed by atoms with Gasteiger partial charge in [0.25, 0.3) is 0 Å². The molecule has 0 aliphatic rings. The van der Waals surface area contributed by atoms with Crippen molar-refractivity contribution in [2.45, 2.75) is 26.2 Å².